The van der Waals surface area contributed by atoms with Gasteiger partial charge in [0.1, 0.15) is 0 Å². The zero-order valence-corrected chi connectivity index (χ0v) is 12.6. The molecular weight excluding hydrogens is 313 g/mol. The molecule has 3 aliphatic heterocycles. The van der Waals surface area contributed by atoms with E-state index in [1.54, 1.807) is 18.2 Å². The van der Waals surface area contributed by atoms with Crippen LogP contribution in [-0.4, -0.2) is 23.5 Å². The number of halogens is 2. The van der Waals surface area contributed by atoms with E-state index in [-0.39, 0.29) is 17.9 Å². The maximum Gasteiger partial charge on any atom is 0.241 e. The maximum atomic E-state index is 12.7. The average molecular weight is 324 g/mol. The zero-order chi connectivity index (χ0) is 14.9. The topological polar surface area (TPSA) is 46.6 Å². The SMILES string of the molecule is CC12C=CC(O1)C1C(=O)N(c3ccc(Cl)c(Cl)c3)C(=O)C12. The van der Waals surface area contributed by atoms with Crippen LogP contribution in [0.1, 0.15) is 6.92 Å². The lowest BCUT2D eigenvalue weighted by Crippen LogP contribution is -2.38. The third kappa shape index (κ3) is 1.61. The van der Waals surface area contributed by atoms with Gasteiger partial charge >= 0.3 is 0 Å². The van der Waals surface area contributed by atoms with Crippen LogP contribution in [0.4, 0.5) is 5.69 Å². The van der Waals surface area contributed by atoms with Gasteiger partial charge in [0.05, 0.1) is 39.3 Å². The molecule has 3 aliphatic rings. The van der Waals surface area contributed by atoms with Crippen LogP contribution >= 0.6 is 23.2 Å². The molecule has 2 fully saturated rings. The Kier molecular flexibility index (Phi) is 2.60. The summed E-state index contributed by atoms with van der Waals surface area (Å²) in [7, 11) is 0. The van der Waals surface area contributed by atoms with Gasteiger partial charge in [-0.15, -0.1) is 0 Å². The molecule has 0 radical (unpaired) electrons. The number of hydrogen-bond acceptors (Lipinski definition) is 3. The van der Waals surface area contributed by atoms with E-state index in [1.165, 1.54) is 4.90 Å². The van der Waals surface area contributed by atoms with Gasteiger partial charge in [-0.2, -0.15) is 0 Å². The number of carbonyl (C=O) groups excluding carboxylic acids is 2. The third-order valence-electron chi connectivity index (χ3n) is 4.49. The van der Waals surface area contributed by atoms with Crippen molar-refractivity contribution in [2.45, 2.75) is 18.6 Å². The summed E-state index contributed by atoms with van der Waals surface area (Å²) < 4.78 is 5.77. The van der Waals surface area contributed by atoms with E-state index >= 15 is 0 Å². The van der Waals surface area contributed by atoms with Gasteiger partial charge in [0, 0.05) is 0 Å². The van der Waals surface area contributed by atoms with E-state index in [1.807, 2.05) is 19.1 Å². The van der Waals surface area contributed by atoms with Gasteiger partial charge in [-0.3, -0.25) is 9.59 Å². The van der Waals surface area contributed by atoms with Crippen molar-refractivity contribution in [2.75, 3.05) is 4.90 Å². The standard InChI is InChI=1S/C15H11Cl2NO3/c1-15-5-4-10(21-15)11-12(15)14(20)18(13(11)19)7-2-3-8(16)9(17)6-7/h2-6,10-12H,1H3. The predicted octanol–water partition coefficient (Wildman–Crippen LogP) is 2.83. The Labute approximate surface area is 131 Å². The van der Waals surface area contributed by atoms with Crippen LogP contribution in [0, 0.1) is 11.8 Å². The van der Waals surface area contributed by atoms with Crippen LogP contribution in [0.5, 0.6) is 0 Å². The Bertz CT molecular complexity index is 717. The fourth-order valence-corrected chi connectivity index (χ4v) is 3.82. The van der Waals surface area contributed by atoms with Crippen LogP contribution in [0.15, 0.2) is 30.4 Å². The van der Waals surface area contributed by atoms with Gasteiger partial charge in [0.15, 0.2) is 0 Å². The highest BCUT2D eigenvalue weighted by molar-refractivity contribution is 6.42. The van der Waals surface area contributed by atoms with Crippen LogP contribution in [-0.2, 0) is 14.3 Å². The second-order valence-corrected chi connectivity index (χ2v) is 6.55. The third-order valence-corrected chi connectivity index (χ3v) is 5.23. The minimum absolute atomic E-state index is 0.235. The summed E-state index contributed by atoms with van der Waals surface area (Å²) in [5.74, 6) is -1.38. The Morgan fingerprint density at radius 1 is 1.19 bits per heavy atom. The summed E-state index contributed by atoms with van der Waals surface area (Å²) in [5, 5.41) is 0.701. The monoisotopic (exact) mass is 323 g/mol. The zero-order valence-electron chi connectivity index (χ0n) is 11.0. The van der Waals surface area contributed by atoms with E-state index in [2.05, 4.69) is 0 Å². The van der Waals surface area contributed by atoms with E-state index in [0.717, 1.165) is 0 Å². The molecule has 0 N–H and O–H groups in total. The molecule has 4 nitrogen and oxygen atoms in total. The van der Waals surface area contributed by atoms with Crippen molar-refractivity contribution in [3.63, 3.8) is 0 Å². The quantitative estimate of drug-likeness (QED) is 0.589. The predicted molar refractivity (Wildman–Crippen MR) is 78.4 cm³/mol. The average Bonchev–Trinajstić information content (AvgIpc) is 3.03. The van der Waals surface area contributed by atoms with E-state index in [4.69, 9.17) is 27.9 Å². The van der Waals surface area contributed by atoms with Gasteiger partial charge in [-0.25, -0.2) is 4.90 Å². The van der Waals surface area contributed by atoms with Crippen molar-refractivity contribution in [3.8, 4) is 0 Å². The first-order valence-corrected chi connectivity index (χ1v) is 7.38. The molecule has 0 aromatic heterocycles. The number of anilines is 1. The van der Waals surface area contributed by atoms with Gasteiger partial charge in [-0.1, -0.05) is 35.4 Å². The molecule has 4 unspecified atom stereocenters. The fraction of sp³-hybridized carbons (Fsp3) is 0.333. The second kappa shape index (κ2) is 4.09. The van der Waals surface area contributed by atoms with Crippen LogP contribution in [0.3, 0.4) is 0 Å². The van der Waals surface area contributed by atoms with Crippen molar-refractivity contribution < 1.29 is 14.3 Å². The van der Waals surface area contributed by atoms with Gasteiger partial charge < -0.3 is 4.74 Å². The van der Waals surface area contributed by atoms with Gasteiger partial charge in [0.25, 0.3) is 0 Å². The highest BCUT2D eigenvalue weighted by atomic mass is 35.5. The van der Waals surface area contributed by atoms with Crippen molar-refractivity contribution in [2.24, 2.45) is 11.8 Å². The summed E-state index contributed by atoms with van der Waals surface area (Å²) >= 11 is 11.9. The van der Waals surface area contributed by atoms with Crippen molar-refractivity contribution in [1.82, 2.24) is 0 Å². The first-order valence-electron chi connectivity index (χ1n) is 6.62. The fourth-order valence-electron chi connectivity index (χ4n) is 3.53. The number of ether oxygens (including phenoxy) is 1. The Morgan fingerprint density at radius 2 is 1.95 bits per heavy atom. The Balaban J connectivity index is 1.78. The number of nitrogens with zero attached hydrogens (tertiary/aromatic N) is 1. The summed E-state index contributed by atoms with van der Waals surface area (Å²) in [6.45, 7) is 1.84. The summed E-state index contributed by atoms with van der Waals surface area (Å²) in [6, 6.07) is 4.75. The largest absolute Gasteiger partial charge is 0.362 e. The first kappa shape index (κ1) is 13.3. The number of amides is 2. The number of benzene rings is 1. The molecule has 0 aliphatic carbocycles. The smallest absolute Gasteiger partial charge is 0.241 e. The molecule has 0 saturated carbocycles. The normalized spacial score (nSPS) is 36.7. The van der Waals surface area contributed by atoms with Gasteiger partial charge in [-0.05, 0) is 25.1 Å². The molecule has 2 amide bonds. The van der Waals surface area contributed by atoms with Crippen LogP contribution in [0.2, 0.25) is 10.0 Å². The maximum absolute atomic E-state index is 12.7. The minimum Gasteiger partial charge on any atom is -0.362 e. The molecule has 1 aromatic rings. The number of imide groups is 1. The van der Waals surface area contributed by atoms with Crippen LogP contribution < -0.4 is 4.90 Å². The minimum atomic E-state index is -0.687. The van der Waals surface area contributed by atoms with Gasteiger partial charge in [0.2, 0.25) is 11.8 Å². The molecule has 108 valence electrons. The van der Waals surface area contributed by atoms with E-state index in [0.29, 0.717) is 15.7 Å². The second-order valence-electron chi connectivity index (χ2n) is 5.74. The van der Waals surface area contributed by atoms with Crippen LogP contribution in [0.25, 0.3) is 0 Å². The summed E-state index contributed by atoms with van der Waals surface area (Å²) in [6.07, 6.45) is 3.43. The van der Waals surface area contributed by atoms with Crippen molar-refractivity contribution >= 4 is 40.7 Å². The molecule has 6 heteroatoms. The Hall–Kier alpha value is -1.36. The molecule has 1 aromatic carbocycles. The molecule has 2 bridgehead atoms. The first-order chi connectivity index (χ1) is 9.92. The highest BCUT2D eigenvalue weighted by Gasteiger charge is 2.66. The summed E-state index contributed by atoms with van der Waals surface area (Å²) in [5.41, 5.74) is -0.232. The van der Waals surface area contributed by atoms with E-state index < -0.39 is 17.4 Å². The van der Waals surface area contributed by atoms with E-state index in [9.17, 15) is 9.59 Å². The number of hydrogen-bond donors (Lipinski definition) is 0. The van der Waals surface area contributed by atoms with Crippen molar-refractivity contribution in [3.05, 3.63) is 40.4 Å². The lowest BCUT2D eigenvalue weighted by atomic mass is 9.78. The lowest BCUT2D eigenvalue weighted by molar-refractivity contribution is -0.126. The molecule has 3 heterocycles. The summed E-state index contributed by atoms with van der Waals surface area (Å²) in [4.78, 5) is 26.6. The molecule has 4 rings (SSSR count). The van der Waals surface area contributed by atoms with Crippen molar-refractivity contribution in [1.29, 1.82) is 0 Å². The molecule has 4 atom stereocenters. The number of carbonyl (C=O) groups is 2. The Morgan fingerprint density at radius 3 is 2.62 bits per heavy atom. The molecule has 2 saturated heterocycles. The number of rotatable bonds is 1. The molecule has 21 heavy (non-hydrogen) atoms. The molecular formula is C15H11Cl2NO3. The lowest BCUT2D eigenvalue weighted by Gasteiger charge is -2.24. The number of fused-ring (bicyclic) bond motifs is 5. The molecule has 0 spiro atoms. The highest BCUT2D eigenvalue weighted by Crippen LogP contribution is 2.52.